The van der Waals surface area contributed by atoms with E-state index in [0.29, 0.717) is 5.56 Å². The first-order chi connectivity index (χ1) is 17.1. The molecule has 0 amide bonds. The monoisotopic (exact) mass is 495 g/mol. The first kappa shape index (κ1) is 24.0. The van der Waals surface area contributed by atoms with E-state index in [1.54, 1.807) is 19.3 Å². The number of pyridine rings is 2. The van der Waals surface area contributed by atoms with Crippen LogP contribution in [0.1, 0.15) is 55.6 Å². The number of rotatable bonds is 4. The summed E-state index contributed by atoms with van der Waals surface area (Å²) in [6.07, 6.45) is -0.102. The summed E-state index contributed by atoms with van der Waals surface area (Å²) in [7, 11) is 1.55. The molecule has 0 spiro atoms. The summed E-state index contributed by atoms with van der Waals surface area (Å²) in [6.45, 7) is 9.90. The minimum atomic E-state index is -4.49. The maximum Gasteiger partial charge on any atom is 0.434 e. The van der Waals surface area contributed by atoms with Gasteiger partial charge in [0.15, 0.2) is 5.69 Å². The van der Waals surface area contributed by atoms with Crippen molar-refractivity contribution in [2.75, 3.05) is 11.4 Å². The highest BCUT2D eigenvalue weighted by atomic mass is 19.4. The maximum absolute atomic E-state index is 13.1. The van der Waals surface area contributed by atoms with Gasteiger partial charge in [-0.2, -0.15) is 13.2 Å². The number of anilines is 1. The first-order valence-corrected chi connectivity index (χ1v) is 11.9. The van der Waals surface area contributed by atoms with Crippen LogP contribution in [0.5, 0.6) is 0 Å². The van der Waals surface area contributed by atoms with Crippen molar-refractivity contribution < 1.29 is 13.2 Å². The van der Waals surface area contributed by atoms with E-state index in [2.05, 4.69) is 51.3 Å². The summed E-state index contributed by atoms with van der Waals surface area (Å²) in [6, 6.07) is 7.61. The third-order valence-electron chi connectivity index (χ3n) is 6.73. The van der Waals surface area contributed by atoms with Gasteiger partial charge in [0.25, 0.3) is 0 Å². The average Bonchev–Trinajstić information content (AvgIpc) is 3.40. The fourth-order valence-corrected chi connectivity index (χ4v) is 4.98. The highest BCUT2D eigenvalue weighted by Gasteiger charge is 2.35. The van der Waals surface area contributed by atoms with Crippen molar-refractivity contribution in [3.8, 4) is 22.6 Å². The number of nitrogens with zero attached hydrogens (tertiary/aromatic N) is 7. The van der Waals surface area contributed by atoms with Crippen LogP contribution in [0.4, 0.5) is 19.0 Å². The van der Waals surface area contributed by atoms with Crippen LogP contribution in [0.15, 0.2) is 42.9 Å². The van der Waals surface area contributed by atoms with E-state index in [4.69, 9.17) is 4.98 Å². The van der Waals surface area contributed by atoms with Crippen molar-refractivity contribution >= 4 is 5.82 Å². The lowest BCUT2D eigenvalue weighted by molar-refractivity contribution is -0.140. The SMILES string of the molecule is Cc1nc(-c2cccnc2C(C)C)c2n1CCN(c1ccc(-c3nc(C(F)(F)F)cn3C)cn1)[C@@H]2C. The van der Waals surface area contributed by atoms with Gasteiger partial charge in [-0.05, 0) is 44.0 Å². The third-order valence-corrected chi connectivity index (χ3v) is 6.73. The van der Waals surface area contributed by atoms with Crippen molar-refractivity contribution in [1.82, 2.24) is 29.1 Å². The lowest BCUT2D eigenvalue weighted by Gasteiger charge is -2.36. The molecule has 0 fully saturated rings. The molecular weight excluding hydrogens is 467 g/mol. The van der Waals surface area contributed by atoms with Crippen LogP contribution in [0.25, 0.3) is 22.6 Å². The molecule has 5 heterocycles. The largest absolute Gasteiger partial charge is 0.434 e. The third kappa shape index (κ3) is 4.04. The molecule has 1 aliphatic heterocycles. The van der Waals surface area contributed by atoms with E-state index in [9.17, 15) is 13.2 Å². The first-order valence-electron chi connectivity index (χ1n) is 11.9. The minimum Gasteiger partial charge on any atom is -0.346 e. The molecule has 10 heteroatoms. The minimum absolute atomic E-state index is 0.0153. The van der Waals surface area contributed by atoms with Crippen LogP contribution in [-0.4, -0.2) is 35.6 Å². The Kier molecular flexibility index (Phi) is 5.84. The number of aromatic nitrogens is 6. The molecule has 0 aromatic carbocycles. The van der Waals surface area contributed by atoms with Gasteiger partial charge in [0.1, 0.15) is 17.5 Å². The lowest BCUT2D eigenvalue weighted by Crippen LogP contribution is -2.37. The van der Waals surface area contributed by atoms with E-state index in [1.807, 2.05) is 25.3 Å². The van der Waals surface area contributed by atoms with Crippen molar-refractivity contribution in [1.29, 1.82) is 0 Å². The van der Waals surface area contributed by atoms with Gasteiger partial charge in [-0.15, -0.1) is 0 Å². The molecule has 188 valence electrons. The molecule has 0 unspecified atom stereocenters. The van der Waals surface area contributed by atoms with Crippen LogP contribution in [0.2, 0.25) is 0 Å². The predicted octanol–water partition coefficient (Wildman–Crippen LogP) is 5.77. The van der Waals surface area contributed by atoms with Gasteiger partial charge in [0.2, 0.25) is 0 Å². The van der Waals surface area contributed by atoms with Crippen molar-refractivity contribution in [3.63, 3.8) is 0 Å². The quantitative estimate of drug-likeness (QED) is 0.360. The Hall–Kier alpha value is -3.69. The normalized spacial score (nSPS) is 16.0. The summed E-state index contributed by atoms with van der Waals surface area (Å²) in [5.74, 6) is 2.19. The fraction of sp³-hybridized carbons (Fsp3) is 0.385. The van der Waals surface area contributed by atoms with Gasteiger partial charge in [-0.25, -0.2) is 15.0 Å². The molecule has 0 radical (unpaired) electrons. The van der Waals surface area contributed by atoms with Crippen LogP contribution in [-0.2, 0) is 19.8 Å². The summed E-state index contributed by atoms with van der Waals surface area (Å²) in [5.41, 5.74) is 3.71. The summed E-state index contributed by atoms with van der Waals surface area (Å²) >= 11 is 0. The Morgan fingerprint density at radius 1 is 1.06 bits per heavy atom. The summed E-state index contributed by atoms with van der Waals surface area (Å²) in [4.78, 5) is 20.2. The van der Waals surface area contributed by atoms with Crippen molar-refractivity contribution in [3.05, 3.63) is 65.8 Å². The number of hydrogen-bond donors (Lipinski definition) is 0. The van der Waals surface area contributed by atoms with Crippen LogP contribution in [0.3, 0.4) is 0 Å². The molecule has 0 N–H and O–H groups in total. The summed E-state index contributed by atoms with van der Waals surface area (Å²) in [5, 5.41) is 0. The Morgan fingerprint density at radius 3 is 2.47 bits per heavy atom. The second kappa shape index (κ2) is 8.76. The van der Waals surface area contributed by atoms with E-state index in [1.165, 1.54) is 4.57 Å². The molecule has 0 aliphatic carbocycles. The zero-order valence-corrected chi connectivity index (χ0v) is 20.9. The van der Waals surface area contributed by atoms with Gasteiger partial charge in [-0.3, -0.25) is 4.98 Å². The molecule has 4 aromatic rings. The molecule has 36 heavy (non-hydrogen) atoms. The smallest absolute Gasteiger partial charge is 0.346 e. The Balaban J connectivity index is 1.49. The molecule has 4 aromatic heterocycles. The van der Waals surface area contributed by atoms with Gasteiger partial charge in [0, 0.05) is 49.9 Å². The van der Waals surface area contributed by atoms with E-state index in [-0.39, 0.29) is 17.8 Å². The number of alkyl halides is 3. The van der Waals surface area contributed by atoms with Gasteiger partial charge >= 0.3 is 6.18 Å². The van der Waals surface area contributed by atoms with Crippen LogP contribution < -0.4 is 4.90 Å². The molecule has 5 rings (SSSR count). The molecule has 1 aliphatic rings. The highest BCUT2D eigenvalue weighted by Crippen LogP contribution is 2.39. The zero-order chi connectivity index (χ0) is 25.8. The Labute approximate surface area is 207 Å². The Bertz CT molecular complexity index is 1400. The average molecular weight is 496 g/mol. The second-order valence-electron chi connectivity index (χ2n) is 9.47. The predicted molar refractivity (Wildman–Crippen MR) is 131 cm³/mol. The van der Waals surface area contributed by atoms with E-state index in [0.717, 1.165) is 53.6 Å². The zero-order valence-electron chi connectivity index (χ0n) is 20.9. The molecule has 1 atom stereocenters. The second-order valence-corrected chi connectivity index (χ2v) is 9.47. The lowest BCUT2D eigenvalue weighted by atomic mass is 9.97. The van der Waals surface area contributed by atoms with E-state index >= 15 is 0 Å². The standard InChI is InChI=1S/C26H28F3N7/c1-15(2)22-19(7-6-10-30-22)23-24-16(3)35(11-12-36(24)17(4)32-23)21-9-8-18(13-31-21)25-33-20(14-34(25)5)26(27,28)29/h6-10,13-16H,11-12H2,1-5H3/t16-/m1/s1. The summed E-state index contributed by atoms with van der Waals surface area (Å²) < 4.78 is 42.9. The van der Waals surface area contributed by atoms with E-state index < -0.39 is 11.9 Å². The van der Waals surface area contributed by atoms with Crippen LogP contribution >= 0.6 is 0 Å². The molecule has 0 saturated carbocycles. The molecule has 0 saturated heterocycles. The number of aryl methyl sites for hydroxylation is 2. The Morgan fingerprint density at radius 2 is 1.83 bits per heavy atom. The maximum atomic E-state index is 13.1. The van der Waals surface area contributed by atoms with Gasteiger partial charge in [0.05, 0.1) is 23.1 Å². The molecular formula is C26H28F3N7. The molecule has 0 bridgehead atoms. The number of fused-ring (bicyclic) bond motifs is 1. The van der Waals surface area contributed by atoms with Gasteiger partial charge in [-0.1, -0.05) is 13.8 Å². The van der Waals surface area contributed by atoms with Crippen molar-refractivity contribution in [2.45, 2.75) is 52.4 Å². The number of hydrogen-bond acceptors (Lipinski definition) is 5. The fourth-order valence-electron chi connectivity index (χ4n) is 4.98. The molecule has 7 nitrogen and oxygen atoms in total. The van der Waals surface area contributed by atoms with Crippen molar-refractivity contribution in [2.24, 2.45) is 7.05 Å². The number of halogens is 3. The highest BCUT2D eigenvalue weighted by molar-refractivity contribution is 5.68. The van der Waals surface area contributed by atoms with Crippen LogP contribution in [0, 0.1) is 6.92 Å². The number of imidazole rings is 2. The topological polar surface area (TPSA) is 64.7 Å². The van der Waals surface area contributed by atoms with Gasteiger partial charge < -0.3 is 14.0 Å².